The third kappa shape index (κ3) is 3.73. The number of hydrogen-bond donors (Lipinski definition) is 2. The molecule has 1 aromatic carbocycles. The number of benzene rings is 1. The van der Waals surface area contributed by atoms with Gasteiger partial charge in [-0.05, 0) is 31.0 Å². The van der Waals surface area contributed by atoms with E-state index in [2.05, 4.69) is 5.32 Å². The molecule has 0 bridgehead atoms. The van der Waals surface area contributed by atoms with Gasteiger partial charge in [-0.25, -0.2) is 0 Å². The van der Waals surface area contributed by atoms with E-state index in [1.54, 1.807) is 19.1 Å². The lowest BCUT2D eigenvalue weighted by atomic mass is 9.93. The van der Waals surface area contributed by atoms with Gasteiger partial charge in [0.1, 0.15) is 0 Å². The summed E-state index contributed by atoms with van der Waals surface area (Å²) in [4.78, 5) is 23.7. The Morgan fingerprint density at radius 2 is 1.96 bits per heavy atom. The second-order valence-electron chi connectivity index (χ2n) is 5.63. The van der Waals surface area contributed by atoms with Gasteiger partial charge in [0.2, 0.25) is 0 Å². The molecule has 1 saturated heterocycles. The molecule has 1 atom stereocenters. The predicted octanol–water partition coefficient (Wildman–Crippen LogP) is 1.38. The zero-order valence-corrected chi connectivity index (χ0v) is 13.5. The maximum atomic E-state index is 12.6. The van der Waals surface area contributed by atoms with Gasteiger partial charge in [0.25, 0.3) is 5.91 Å². The van der Waals surface area contributed by atoms with Crippen LogP contribution in [0.2, 0.25) is 0 Å². The van der Waals surface area contributed by atoms with Crippen molar-refractivity contribution < 1.29 is 28.9 Å². The van der Waals surface area contributed by atoms with Crippen LogP contribution in [-0.4, -0.2) is 50.0 Å². The van der Waals surface area contributed by atoms with Gasteiger partial charge < -0.3 is 24.6 Å². The highest BCUT2D eigenvalue weighted by Crippen LogP contribution is 2.31. The number of carboxylic acids is 1. The van der Waals surface area contributed by atoms with Crippen LogP contribution in [0.25, 0.3) is 0 Å². The number of aryl methyl sites for hydroxylation is 1. The maximum Gasteiger partial charge on any atom is 0.305 e. The molecule has 2 N–H and O–H groups in total. The summed E-state index contributed by atoms with van der Waals surface area (Å²) >= 11 is 0. The summed E-state index contributed by atoms with van der Waals surface area (Å²) in [6.07, 6.45) is 0.294. The zero-order valence-electron chi connectivity index (χ0n) is 13.5. The number of hydrogen-bond acceptors (Lipinski definition) is 5. The smallest absolute Gasteiger partial charge is 0.305 e. The van der Waals surface area contributed by atoms with E-state index in [9.17, 15) is 9.59 Å². The number of aliphatic carboxylic acids is 1. The Labute approximate surface area is 134 Å². The van der Waals surface area contributed by atoms with Crippen LogP contribution in [0, 0.1) is 6.92 Å². The minimum absolute atomic E-state index is 0.176. The van der Waals surface area contributed by atoms with Crippen molar-refractivity contribution in [3.63, 3.8) is 0 Å². The van der Waals surface area contributed by atoms with Gasteiger partial charge in [0.15, 0.2) is 11.5 Å². The first kappa shape index (κ1) is 17.1. The van der Waals surface area contributed by atoms with Gasteiger partial charge in [0, 0.05) is 12.2 Å². The van der Waals surface area contributed by atoms with Crippen molar-refractivity contribution in [3.05, 3.63) is 23.3 Å². The highest BCUT2D eigenvalue weighted by molar-refractivity contribution is 5.97. The molecule has 0 spiro atoms. The van der Waals surface area contributed by atoms with Crippen LogP contribution in [0.3, 0.4) is 0 Å². The second-order valence-corrected chi connectivity index (χ2v) is 5.63. The average Bonchev–Trinajstić information content (AvgIpc) is 2.93. The van der Waals surface area contributed by atoms with Gasteiger partial charge in [-0.3, -0.25) is 9.59 Å². The lowest BCUT2D eigenvalue weighted by Gasteiger charge is -2.27. The molecule has 7 heteroatoms. The molecule has 0 radical (unpaired) electrons. The molecule has 0 aromatic heterocycles. The van der Waals surface area contributed by atoms with Crippen molar-refractivity contribution in [3.8, 4) is 11.5 Å². The van der Waals surface area contributed by atoms with Gasteiger partial charge in [-0.15, -0.1) is 0 Å². The fourth-order valence-electron chi connectivity index (χ4n) is 2.71. The highest BCUT2D eigenvalue weighted by atomic mass is 16.5. The van der Waals surface area contributed by atoms with E-state index in [4.69, 9.17) is 19.3 Å². The summed E-state index contributed by atoms with van der Waals surface area (Å²) < 4.78 is 15.7. The number of carbonyl (C=O) groups is 2. The molecule has 1 fully saturated rings. The van der Waals surface area contributed by atoms with Crippen molar-refractivity contribution >= 4 is 11.9 Å². The highest BCUT2D eigenvalue weighted by Gasteiger charge is 2.39. The summed E-state index contributed by atoms with van der Waals surface area (Å²) in [5.41, 5.74) is 0.256. The van der Waals surface area contributed by atoms with Gasteiger partial charge in [-0.2, -0.15) is 0 Å². The fourth-order valence-corrected chi connectivity index (χ4v) is 2.71. The van der Waals surface area contributed by atoms with E-state index in [0.717, 1.165) is 0 Å². The first-order chi connectivity index (χ1) is 10.9. The van der Waals surface area contributed by atoms with Gasteiger partial charge >= 0.3 is 5.97 Å². The number of carbonyl (C=O) groups excluding carboxylic acids is 1. The number of carboxylic acid groups (broad SMARTS) is 1. The molecular weight excluding hydrogens is 302 g/mol. The molecule has 1 heterocycles. The summed E-state index contributed by atoms with van der Waals surface area (Å²) in [5, 5.41) is 11.9. The van der Waals surface area contributed by atoms with Crippen LogP contribution in [0.15, 0.2) is 12.1 Å². The number of nitrogens with one attached hydrogen (secondary N) is 1. The lowest BCUT2D eigenvalue weighted by molar-refractivity contribution is -0.138. The molecule has 7 nitrogen and oxygen atoms in total. The summed E-state index contributed by atoms with van der Waals surface area (Å²) in [6, 6.07) is 3.30. The number of amides is 1. The molecule has 0 saturated carbocycles. The average molecular weight is 323 g/mol. The van der Waals surface area contributed by atoms with Gasteiger partial charge in [0.05, 0.1) is 32.8 Å². The normalized spacial score (nSPS) is 20.1. The number of ether oxygens (including phenoxy) is 3. The first-order valence-corrected chi connectivity index (χ1v) is 7.25. The molecule has 0 aliphatic carbocycles. The van der Waals surface area contributed by atoms with Crippen molar-refractivity contribution in [2.45, 2.75) is 25.3 Å². The monoisotopic (exact) mass is 323 g/mol. The van der Waals surface area contributed by atoms with Crippen LogP contribution in [0.1, 0.15) is 28.8 Å². The van der Waals surface area contributed by atoms with E-state index in [1.165, 1.54) is 14.2 Å². The summed E-state index contributed by atoms with van der Waals surface area (Å²) in [7, 11) is 3.01. The fraction of sp³-hybridized carbons (Fsp3) is 0.500. The minimum Gasteiger partial charge on any atom is -0.493 e. The van der Waals surface area contributed by atoms with Crippen molar-refractivity contribution in [1.29, 1.82) is 0 Å². The van der Waals surface area contributed by atoms with Crippen molar-refractivity contribution in [1.82, 2.24) is 5.32 Å². The molecule has 1 aromatic rings. The molecular formula is C16H21NO6. The SMILES string of the molecule is COc1cc(C)c(C(=O)NC2(CC(=O)O)CCOC2)cc1OC. The molecule has 126 valence electrons. The second kappa shape index (κ2) is 6.87. The Balaban J connectivity index is 2.27. The Kier molecular flexibility index (Phi) is 5.10. The van der Waals surface area contributed by atoms with E-state index in [-0.39, 0.29) is 18.9 Å². The minimum atomic E-state index is -0.972. The van der Waals surface area contributed by atoms with Crippen molar-refractivity contribution in [2.75, 3.05) is 27.4 Å². The van der Waals surface area contributed by atoms with Crippen LogP contribution < -0.4 is 14.8 Å². The quantitative estimate of drug-likeness (QED) is 0.821. The Morgan fingerprint density at radius 3 is 2.48 bits per heavy atom. The molecule has 1 aliphatic heterocycles. The van der Waals surface area contributed by atoms with Gasteiger partial charge in [-0.1, -0.05) is 0 Å². The van der Waals surface area contributed by atoms with E-state index >= 15 is 0 Å². The Hall–Kier alpha value is -2.28. The molecule has 1 amide bonds. The largest absolute Gasteiger partial charge is 0.493 e. The zero-order chi connectivity index (χ0) is 17.0. The van der Waals surface area contributed by atoms with Crippen LogP contribution in [0.4, 0.5) is 0 Å². The van der Waals surface area contributed by atoms with E-state index in [1.807, 2.05) is 0 Å². The third-order valence-electron chi connectivity index (χ3n) is 3.95. The number of rotatable bonds is 6. The first-order valence-electron chi connectivity index (χ1n) is 7.25. The molecule has 2 rings (SSSR count). The Morgan fingerprint density at radius 1 is 1.30 bits per heavy atom. The molecule has 1 unspecified atom stereocenters. The standard InChI is InChI=1S/C16H21NO6/c1-10-6-12(21-2)13(22-3)7-11(10)15(20)17-16(8-14(18)19)4-5-23-9-16/h6-7H,4-5,8-9H2,1-3H3,(H,17,20)(H,18,19). The summed E-state index contributed by atoms with van der Waals surface area (Å²) in [5.74, 6) is -0.348. The Bertz CT molecular complexity index is 607. The molecule has 23 heavy (non-hydrogen) atoms. The van der Waals surface area contributed by atoms with Crippen LogP contribution >= 0.6 is 0 Å². The maximum absolute atomic E-state index is 12.6. The summed E-state index contributed by atoms with van der Waals surface area (Å²) in [6.45, 7) is 2.40. The predicted molar refractivity (Wildman–Crippen MR) is 82.2 cm³/mol. The lowest BCUT2D eigenvalue weighted by Crippen LogP contribution is -2.50. The van der Waals surface area contributed by atoms with E-state index in [0.29, 0.717) is 35.7 Å². The molecule has 1 aliphatic rings. The topological polar surface area (TPSA) is 94.1 Å². The van der Waals surface area contributed by atoms with E-state index < -0.39 is 11.5 Å². The third-order valence-corrected chi connectivity index (χ3v) is 3.95. The van der Waals surface area contributed by atoms with Crippen LogP contribution in [0.5, 0.6) is 11.5 Å². The van der Waals surface area contributed by atoms with Crippen molar-refractivity contribution in [2.24, 2.45) is 0 Å². The number of methoxy groups -OCH3 is 2. The van der Waals surface area contributed by atoms with Crippen LogP contribution in [-0.2, 0) is 9.53 Å².